The number of rotatable bonds is 0. The van der Waals surface area contributed by atoms with Gasteiger partial charge in [-0.3, -0.25) is 0 Å². The topological polar surface area (TPSA) is 18.5 Å². The van der Waals surface area contributed by atoms with E-state index in [1.54, 1.807) is 0 Å². The molecular formula is C10H14O2. The fourth-order valence-corrected chi connectivity index (χ4v) is 1.53. The molecule has 1 saturated heterocycles. The van der Waals surface area contributed by atoms with E-state index < -0.39 is 5.79 Å². The van der Waals surface area contributed by atoms with Gasteiger partial charge in [-0.05, 0) is 24.5 Å². The van der Waals surface area contributed by atoms with E-state index in [2.05, 4.69) is 19.1 Å². The highest BCUT2D eigenvalue weighted by molar-refractivity contribution is 5.28. The third-order valence-corrected chi connectivity index (χ3v) is 2.07. The largest absolute Gasteiger partial charge is 0.449 e. The van der Waals surface area contributed by atoms with Gasteiger partial charge >= 0.3 is 0 Å². The Bertz CT molecular complexity index is 261. The van der Waals surface area contributed by atoms with Crippen molar-refractivity contribution in [3.05, 3.63) is 23.7 Å². The quantitative estimate of drug-likeness (QED) is 0.550. The summed E-state index contributed by atoms with van der Waals surface area (Å²) in [6.07, 6.45) is 5.29. The van der Waals surface area contributed by atoms with Crippen LogP contribution in [-0.2, 0) is 9.47 Å². The number of allylic oxidation sites excluding steroid dienone is 2. The van der Waals surface area contributed by atoms with Gasteiger partial charge in [0.05, 0.1) is 0 Å². The van der Waals surface area contributed by atoms with Gasteiger partial charge in [-0.2, -0.15) is 0 Å². The summed E-state index contributed by atoms with van der Waals surface area (Å²) in [4.78, 5) is 0. The number of ether oxygens (including phenoxy) is 2. The van der Waals surface area contributed by atoms with Gasteiger partial charge in [-0.1, -0.05) is 6.92 Å². The second kappa shape index (κ2) is 2.28. The Morgan fingerprint density at radius 2 is 2.00 bits per heavy atom. The van der Waals surface area contributed by atoms with E-state index in [1.807, 2.05) is 13.8 Å². The summed E-state index contributed by atoms with van der Waals surface area (Å²) in [5.41, 5.74) is 0. The molecule has 0 N–H and O–H groups in total. The van der Waals surface area contributed by atoms with E-state index in [0.717, 1.165) is 17.9 Å². The van der Waals surface area contributed by atoms with Gasteiger partial charge in [0.1, 0.15) is 0 Å². The molecule has 0 aromatic heterocycles. The molecule has 2 heteroatoms. The van der Waals surface area contributed by atoms with Crippen LogP contribution in [-0.4, -0.2) is 5.79 Å². The minimum Gasteiger partial charge on any atom is -0.449 e. The Hall–Kier alpha value is -0.920. The Labute approximate surface area is 72.9 Å². The highest BCUT2D eigenvalue weighted by Crippen LogP contribution is 2.37. The smallest absolute Gasteiger partial charge is 0.246 e. The normalized spacial score (nSPS) is 31.1. The van der Waals surface area contributed by atoms with Crippen molar-refractivity contribution in [2.45, 2.75) is 33.0 Å². The van der Waals surface area contributed by atoms with Crippen molar-refractivity contribution >= 4 is 0 Å². The van der Waals surface area contributed by atoms with Crippen LogP contribution in [0.15, 0.2) is 23.7 Å². The number of hydrogen-bond donors (Lipinski definition) is 0. The predicted octanol–water partition coefficient (Wildman–Crippen LogP) is 2.58. The van der Waals surface area contributed by atoms with Crippen molar-refractivity contribution in [2.75, 3.05) is 0 Å². The molecule has 1 aliphatic carbocycles. The summed E-state index contributed by atoms with van der Waals surface area (Å²) in [6, 6.07) is 0. The first-order valence-electron chi connectivity index (χ1n) is 4.37. The van der Waals surface area contributed by atoms with Crippen LogP contribution >= 0.6 is 0 Å². The molecule has 2 rings (SSSR count). The molecule has 1 heterocycles. The van der Waals surface area contributed by atoms with Gasteiger partial charge in [0, 0.05) is 13.8 Å². The van der Waals surface area contributed by atoms with Crippen molar-refractivity contribution < 1.29 is 9.47 Å². The zero-order chi connectivity index (χ0) is 8.77. The molecule has 1 aliphatic heterocycles. The van der Waals surface area contributed by atoms with Crippen LogP contribution in [0.5, 0.6) is 0 Å². The van der Waals surface area contributed by atoms with Gasteiger partial charge < -0.3 is 9.47 Å². The fraction of sp³-hybridized carbons (Fsp3) is 0.600. The van der Waals surface area contributed by atoms with Crippen LogP contribution in [0.1, 0.15) is 27.2 Å². The molecule has 0 saturated carbocycles. The third-order valence-electron chi connectivity index (χ3n) is 2.07. The van der Waals surface area contributed by atoms with Crippen LogP contribution in [0, 0.1) is 5.92 Å². The molecule has 2 nitrogen and oxygen atoms in total. The molecule has 66 valence electrons. The molecule has 12 heavy (non-hydrogen) atoms. The minimum absolute atomic E-state index is 0.471. The zero-order valence-electron chi connectivity index (χ0n) is 7.76. The lowest BCUT2D eigenvalue weighted by Crippen LogP contribution is -2.18. The molecule has 0 aromatic carbocycles. The Morgan fingerprint density at radius 3 is 2.75 bits per heavy atom. The molecule has 0 bridgehead atoms. The molecule has 1 unspecified atom stereocenters. The molecule has 0 spiro atoms. The van der Waals surface area contributed by atoms with E-state index in [9.17, 15) is 0 Å². The summed E-state index contributed by atoms with van der Waals surface area (Å²) >= 11 is 0. The summed E-state index contributed by atoms with van der Waals surface area (Å²) < 4.78 is 11.2. The third kappa shape index (κ3) is 1.22. The minimum atomic E-state index is -0.471. The maximum atomic E-state index is 5.59. The molecule has 2 aliphatic rings. The average Bonchev–Trinajstić information content (AvgIpc) is 2.21. The summed E-state index contributed by atoms with van der Waals surface area (Å²) in [5, 5.41) is 0. The van der Waals surface area contributed by atoms with Crippen molar-refractivity contribution in [3.8, 4) is 0 Å². The monoisotopic (exact) mass is 166 g/mol. The first-order chi connectivity index (χ1) is 5.57. The highest BCUT2D eigenvalue weighted by Gasteiger charge is 2.35. The molecule has 0 amide bonds. The van der Waals surface area contributed by atoms with E-state index in [1.165, 1.54) is 0 Å². The maximum absolute atomic E-state index is 5.59. The second-order valence-corrected chi connectivity index (χ2v) is 3.92. The van der Waals surface area contributed by atoms with Crippen LogP contribution in [0.4, 0.5) is 0 Å². The lowest BCUT2D eigenvalue weighted by Gasteiger charge is -2.14. The van der Waals surface area contributed by atoms with Gasteiger partial charge in [0.25, 0.3) is 0 Å². The fourth-order valence-electron chi connectivity index (χ4n) is 1.53. The van der Waals surface area contributed by atoms with E-state index >= 15 is 0 Å². The summed E-state index contributed by atoms with van der Waals surface area (Å²) in [6.45, 7) is 6.03. The number of hydrogen-bond acceptors (Lipinski definition) is 2. The highest BCUT2D eigenvalue weighted by atomic mass is 16.7. The van der Waals surface area contributed by atoms with E-state index in [0.29, 0.717) is 5.92 Å². The lowest BCUT2D eigenvalue weighted by molar-refractivity contribution is -0.104. The van der Waals surface area contributed by atoms with Crippen molar-refractivity contribution in [1.82, 2.24) is 0 Å². The maximum Gasteiger partial charge on any atom is 0.246 e. The van der Waals surface area contributed by atoms with Gasteiger partial charge in [0.15, 0.2) is 11.5 Å². The van der Waals surface area contributed by atoms with Crippen LogP contribution < -0.4 is 0 Å². The van der Waals surface area contributed by atoms with Crippen LogP contribution in [0.2, 0.25) is 0 Å². The molecule has 0 radical (unpaired) electrons. The van der Waals surface area contributed by atoms with E-state index in [4.69, 9.17) is 9.47 Å². The molecule has 1 atom stereocenters. The standard InChI is InChI=1S/C10H14O2/c1-7-4-5-8-9(6-7)12-10(2,3)11-8/h5-7H,4H2,1-3H3. The zero-order valence-corrected chi connectivity index (χ0v) is 7.76. The molecular weight excluding hydrogens is 152 g/mol. The SMILES string of the molecule is CC1C=C2OC(C)(C)OC2=CC1. The summed E-state index contributed by atoms with van der Waals surface area (Å²) in [5.74, 6) is 1.93. The second-order valence-electron chi connectivity index (χ2n) is 3.92. The van der Waals surface area contributed by atoms with Crippen LogP contribution in [0.25, 0.3) is 0 Å². The Balaban J connectivity index is 2.27. The van der Waals surface area contributed by atoms with Crippen molar-refractivity contribution in [3.63, 3.8) is 0 Å². The van der Waals surface area contributed by atoms with Gasteiger partial charge in [0.2, 0.25) is 5.79 Å². The average molecular weight is 166 g/mol. The van der Waals surface area contributed by atoms with Crippen molar-refractivity contribution in [1.29, 1.82) is 0 Å². The first-order valence-corrected chi connectivity index (χ1v) is 4.37. The Kier molecular flexibility index (Phi) is 1.47. The van der Waals surface area contributed by atoms with Crippen LogP contribution in [0.3, 0.4) is 0 Å². The van der Waals surface area contributed by atoms with Gasteiger partial charge in [-0.15, -0.1) is 0 Å². The first kappa shape index (κ1) is 7.71. The Morgan fingerprint density at radius 1 is 1.33 bits per heavy atom. The predicted molar refractivity (Wildman–Crippen MR) is 46.2 cm³/mol. The van der Waals surface area contributed by atoms with E-state index in [-0.39, 0.29) is 0 Å². The molecule has 0 aromatic rings. The summed E-state index contributed by atoms with van der Waals surface area (Å²) in [7, 11) is 0. The lowest BCUT2D eigenvalue weighted by atomic mass is 10.0. The van der Waals surface area contributed by atoms with Gasteiger partial charge in [-0.25, -0.2) is 0 Å². The molecule has 1 fully saturated rings. The van der Waals surface area contributed by atoms with Crippen molar-refractivity contribution in [2.24, 2.45) is 5.92 Å². The number of fused-ring (bicyclic) bond motifs is 1.